The highest BCUT2D eigenvalue weighted by atomic mass is 16.5. The molecule has 138 valence electrons. The van der Waals surface area contributed by atoms with Gasteiger partial charge in [0.2, 0.25) is 0 Å². The van der Waals surface area contributed by atoms with Crippen LogP contribution in [-0.2, 0) is 23.9 Å². The maximum atomic E-state index is 11.9. The van der Waals surface area contributed by atoms with E-state index in [-0.39, 0.29) is 31.5 Å². The van der Waals surface area contributed by atoms with E-state index < -0.39 is 41.9 Å². The number of nitrogens with two attached hydrogens (primary N) is 1. The predicted octanol–water partition coefficient (Wildman–Crippen LogP) is 0.730. The quantitative estimate of drug-likeness (QED) is 0.599. The van der Waals surface area contributed by atoms with Crippen LogP contribution < -0.4 is 5.73 Å². The van der Waals surface area contributed by atoms with Gasteiger partial charge in [0.05, 0.1) is 18.4 Å². The zero-order valence-corrected chi connectivity index (χ0v) is 14.3. The Labute approximate surface area is 141 Å². The van der Waals surface area contributed by atoms with E-state index in [1.165, 1.54) is 0 Å². The van der Waals surface area contributed by atoms with Crippen molar-refractivity contribution in [2.75, 3.05) is 13.2 Å². The molecule has 1 rings (SSSR count). The fourth-order valence-electron chi connectivity index (χ4n) is 2.97. The molecule has 0 aromatic carbocycles. The van der Waals surface area contributed by atoms with Gasteiger partial charge in [0.1, 0.15) is 12.1 Å². The second-order valence-corrected chi connectivity index (χ2v) is 6.66. The van der Waals surface area contributed by atoms with E-state index in [0.717, 1.165) is 0 Å². The molecule has 0 aromatic heterocycles. The average Bonchev–Trinajstić information content (AvgIpc) is 2.53. The first-order valence-corrected chi connectivity index (χ1v) is 8.12. The van der Waals surface area contributed by atoms with Crippen LogP contribution >= 0.6 is 0 Å². The summed E-state index contributed by atoms with van der Waals surface area (Å²) in [7, 11) is 0. The predicted molar refractivity (Wildman–Crippen MR) is 84.2 cm³/mol. The summed E-state index contributed by atoms with van der Waals surface area (Å²) in [5.41, 5.74) is 5.68. The highest BCUT2D eigenvalue weighted by molar-refractivity contribution is 5.75. The molecule has 1 heterocycles. The summed E-state index contributed by atoms with van der Waals surface area (Å²) in [4.78, 5) is 34.3. The van der Waals surface area contributed by atoms with E-state index >= 15 is 0 Å². The Kier molecular flexibility index (Phi) is 7.62. The topological polar surface area (TPSA) is 136 Å². The molecule has 0 amide bonds. The number of carboxylic acid groups (broad SMARTS) is 2. The zero-order valence-electron chi connectivity index (χ0n) is 14.3. The molecule has 0 aromatic rings. The number of rotatable bonds is 6. The summed E-state index contributed by atoms with van der Waals surface area (Å²) in [5.74, 6) is -4.30. The summed E-state index contributed by atoms with van der Waals surface area (Å²) in [6.07, 6.45) is 0.00102. The van der Waals surface area contributed by atoms with Crippen molar-refractivity contribution in [2.45, 2.75) is 45.8 Å². The highest BCUT2D eigenvalue weighted by Gasteiger charge is 2.36. The zero-order chi connectivity index (χ0) is 18.4. The third kappa shape index (κ3) is 5.76. The number of aliphatic carboxylic acids is 2. The van der Waals surface area contributed by atoms with E-state index in [0.29, 0.717) is 6.42 Å². The molecule has 1 aliphatic rings. The number of esters is 1. The lowest BCUT2D eigenvalue weighted by Crippen LogP contribution is -2.39. The minimum absolute atomic E-state index is 0.00922. The number of carboxylic acids is 2. The molecule has 0 spiro atoms. The number of cyclic esters (lactones) is 1. The van der Waals surface area contributed by atoms with Gasteiger partial charge >= 0.3 is 17.9 Å². The van der Waals surface area contributed by atoms with Gasteiger partial charge < -0.3 is 25.4 Å². The minimum atomic E-state index is -0.948. The molecular formula is C16H27NO7. The van der Waals surface area contributed by atoms with Gasteiger partial charge in [-0.15, -0.1) is 0 Å². The van der Waals surface area contributed by atoms with E-state index in [9.17, 15) is 19.5 Å². The smallest absolute Gasteiger partial charge is 0.325 e. The summed E-state index contributed by atoms with van der Waals surface area (Å²) in [6, 6.07) is -0.902. The van der Waals surface area contributed by atoms with Crippen LogP contribution in [0.15, 0.2) is 0 Å². The third-order valence-corrected chi connectivity index (χ3v) is 4.57. The molecule has 0 bridgehead atoms. The first-order chi connectivity index (χ1) is 11.1. The van der Waals surface area contributed by atoms with Gasteiger partial charge in [0.15, 0.2) is 0 Å². The fourth-order valence-corrected chi connectivity index (χ4v) is 2.97. The fraction of sp³-hybridized carbons (Fsp3) is 0.812. The van der Waals surface area contributed by atoms with Crippen molar-refractivity contribution >= 4 is 17.9 Å². The van der Waals surface area contributed by atoms with E-state index in [2.05, 4.69) is 0 Å². The average molecular weight is 345 g/mol. The van der Waals surface area contributed by atoms with Crippen LogP contribution in [0.2, 0.25) is 0 Å². The van der Waals surface area contributed by atoms with Crippen LogP contribution in [0.3, 0.4) is 0 Å². The first-order valence-electron chi connectivity index (χ1n) is 8.12. The first kappa shape index (κ1) is 20.4. The van der Waals surface area contributed by atoms with Gasteiger partial charge in [0.25, 0.3) is 0 Å². The van der Waals surface area contributed by atoms with Crippen molar-refractivity contribution < 1.29 is 34.1 Å². The van der Waals surface area contributed by atoms with Gasteiger partial charge in [-0.25, -0.2) is 0 Å². The molecule has 8 nitrogen and oxygen atoms in total. The molecule has 0 radical (unpaired) electrons. The largest absolute Gasteiger partial charge is 0.481 e. The Morgan fingerprint density at radius 1 is 1.17 bits per heavy atom. The van der Waals surface area contributed by atoms with Crippen molar-refractivity contribution in [3.8, 4) is 0 Å². The summed E-state index contributed by atoms with van der Waals surface area (Å²) in [5, 5.41) is 18.3. The van der Waals surface area contributed by atoms with Crippen LogP contribution in [0.4, 0.5) is 0 Å². The van der Waals surface area contributed by atoms with Gasteiger partial charge in [-0.1, -0.05) is 13.8 Å². The van der Waals surface area contributed by atoms with E-state index in [1.807, 2.05) is 0 Å². The minimum Gasteiger partial charge on any atom is -0.481 e. The van der Waals surface area contributed by atoms with Crippen LogP contribution in [-0.4, -0.2) is 53.5 Å². The summed E-state index contributed by atoms with van der Waals surface area (Å²) < 4.78 is 10.8. The van der Waals surface area contributed by atoms with E-state index in [1.54, 1.807) is 20.8 Å². The number of carbonyl (C=O) groups is 3. The van der Waals surface area contributed by atoms with Crippen LogP contribution in [0.25, 0.3) is 0 Å². The molecular weight excluding hydrogens is 318 g/mol. The van der Waals surface area contributed by atoms with Crippen molar-refractivity contribution in [1.82, 2.24) is 0 Å². The lowest BCUT2D eigenvalue weighted by Gasteiger charge is -2.32. The lowest BCUT2D eigenvalue weighted by molar-refractivity contribution is -0.154. The molecule has 8 heteroatoms. The second-order valence-electron chi connectivity index (χ2n) is 6.66. The number of hydrogen-bond donors (Lipinski definition) is 3. The summed E-state index contributed by atoms with van der Waals surface area (Å²) in [6.45, 7) is 5.06. The number of carbonyl (C=O) groups excluding carboxylic acids is 1. The van der Waals surface area contributed by atoms with Crippen molar-refractivity contribution in [1.29, 1.82) is 0 Å². The normalized spacial score (nSPS) is 31.1. The van der Waals surface area contributed by atoms with Crippen LogP contribution in [0.5, 0.6) is 0 Å². The standard InChI is InChI=1S/C16H27NO7/c1-8(14(18)19)4-11-6-23-7-13(17)16(22)24-10(3)12(11)5-9(2)15(20)21/h8-13H,4-7,17H2,1-3H3,(H,18,19)(H,20,21)/t8?,9?,10-,11+,12+,13-/m0/s1. The highest BCUT2D eigenvalue weighted by Crippen LogP contribution is 2.32. The van der Waals surface area contributed by atoms with Gasteiger partial charge in [0, 0.05) is 12.5 Å². The summed E-state index contributed by atoms with van der Waals surface area (Å²) >= 11 is 0. The SMILES string of the molecule is CC(C[C@@H]1COC[C@H](N)C(=O)O[C@@H](C)[C@H]1CC(C)C(=O)O)C(=O)O. The molecule has 4 N–H and O–H groups in total. The molecule has 0 saturated carbocycles. The molecule has 1 fully saturated rings. The maximum Gasteiger partial charge on any atom is 0.325 e. The Balaban J connectivity index is 3.02. The van der Waals surface area contributed by atoms with Crippen molar-refractivity contribution in [2.24, 2.45) is 29.4 Å². The van der Waals surface area contributed by atoms with Gasteiger partial charge in [-0.05, 0) is 25.7 Å². The van der Waals surface area contributed by atoms with Crippen molar-refractivity contribution in [3.63, 3.8) is 0 Å². The number of hydrogen-bond acceptors (Lipinski definition) is 6. The second kappa shape index (κ2) is 8.98. The Morgan fingerprint density at radius 3 is 2.25 bits per heavy atom. The van der Waals surface area contributed by atoms with Crippen molar-refractivity contribution in [3.05, 3.63) is 0 Å². The number of ether oxygens (including phenoxy) is 2. The van der Waals surface area contributed by atoms with Crippen LogP contribution in [0.1, 0.15) is 33.6 Å². The third-order valence-electron chi connectivity index (χ3n) is 4.57. The molecule has 0 aliphatic carbocycles. The van der Waals surface area contributed by atoms with E-state index in [4.69, 9.17) is 20.3 Å². The van der Waals surface area contributed by atoms with Crippen LogP contribution in [0, 0.1) is 23.7 Å². The molecule has 2 unspecified atom stereocenters. The van der Waals surface area contributed by atoms with Gasteiger partial charge in [-0.3, -0.25) is 14.4 Å². The Morgan fingerprint density at radius 2 is 1.71 bits per heavy atom. The molecule has 1 aliphatic heterocycles. The Hall–Kier alpha value is -1.67. The maximum absolute atomic E-state index is 11.9. The molecule has 24 heavy (non-hydrogen) atoms. The monoisotopic (exact) mass is 345 g/mol. The molecule has 1 saturated heterocycles. The Bertz CT molecular complexity index is 467. The molecule has 6 atom stereocenters. The van der Waals surface area contributed by atoms with Gasteiger partial charge in [-0.2, -0.15) is 0 Å². The lowest BCUT2D eigenvalue weighted by atomic mass is 9.77.